The molecule has 2 heterocycles. The number of benzene rings is 1. The number of aliphatic hydroxyl groups is 1. The molecule has 2 unspecified atom stereocenters. The second-order valence-electron chi connectivity index (χ2n) is 5.89. The van der Waals surface area contributed by atoms with E-state index in [4.69, 9.17) is 0 Å². The number of aromatic nitrogens is 1. The topological polar surface area (TPSA) is 36.4 Å². The van der Waals surface area contributed by atoms with Gasteiger partial charge in [0.2, 0.25) is 0 Å². The van der Waals surface area contributed by atoms with Crippen LogP contribution >= 0.6 is 0 Å². The van der Waals surface area contributed by atoms with Crippen molar-refractivity contribution >= 4 is 10.9 Å². The van der Waals surface area contributed by atoms with E-state index in [0.29, 0.717) is 18.0 Å². The maximum absolute atomic E-state index is 13.9. The van der Waals surface area contributed by atoms with E-state index in [9.17, 15) is 9.50 Å². The van der Waals surface area contributed by atoms with E-state index in [-0.39, 0.29) is 18.5 Å². The van der Waals surface area contributed by atoms with Gasteiger partial charge in [0.25, 0.3) is 0 Å². The number of halogens is 1. The Labute approximate surface area is 124 Å². The first-order valence-corrected chi connectivity index (χ1v) is 7.59. The minimum Gasteiger partial charge on any atom is -0.395 e. The zero-order valence-corrected chi connectivity index (χ0v) is 12.3. The van der Waals surface area contributed by atoms with Crippen LogP contribution in [0, 0.1) is 5.82 Å². The van der Waals surface area contributed by atoms with Crippen LogP contribution in [0.4, 0.5) is 4.39 Å². The van der Waals surface area contributed by atoms with Crippen LogP contribution < -0.4 is 0 Å². The summed E-state index contributed by atoms with van der Waals surface area (Å²) in [6.07, 6.45) is 5.02. The lowest BCUT2D eigenvalue weighted by Crippen LogP contribution is -2.46. The first-order chi connectivity index (χ1) is 10.2. The van der Waals surface area contributed by atoms with Crippen molar-refractivity contribution in [1.29, 1.82) is 0 Å². The SMILES string of the molecule is CC1CCCC(CO)N1Cc1ccc(F)c2cccnc12. The fraction of sp³-hybridized carbons (Fsp3) is 0.471. The molecule has 0 bridgehead atoms. The molecule has 0 amide bonds. The van der Waals surface area contributed by atoms with Crippen molar-refractivity contribution in [3.63, 3.8) is 0 Å². The van der Waals surface area contributed by atoms with Gasteiger partial charge < -0.3 is 5.11 Å². The highest BCUT2D eigenvalue weighted by Gasteiger charge is 2.27. The smallest absolute Gasteiger partial charge is 0.132 e. The van der Waals surface area contributed by atoms with Crippen molar-refractivity contribution < 1.29 is 9.50 Å². The van der Waals surface area contributed by atoms with E-state index in [0.717, 1.165) is 30.3 Å². The number of hydrogen-bond donors (Lipinski definition) is 1. The molecule has 0 spiro atoms. The van der Waals surface area contributed by atoms with E-state index in [2.05, 4.69) is 16.8 Å². The Balaban J connectivity index is 1.95. The Kier molecular flexibility index (Phi) is 4.17. The summed E-state index contributed by atoms with van der Waals surface area (Å²) >= 11 is 0. The van der Waals surface area contributed by atoms with Crippen LogP contribution in [0.1, 0.15) is 31.7 Å². The summed E-state index contributed by atoms with van der Waals surface area (Å²) < 4.78 is 13.9. The van der Waals surface area contributed by atoms with Gasteiger partial charge in [-0.1, -0.05) is 12.5 Å². The number of likely N-dealkylation sites (tertiary alicyclic amines) is 1. The first kappa shape index (κ1) is 14.4. The number of aliphatic hydroxyl groups excluding tert-OH is 1. The minimum absolute atomic E-state index is 0.177. The third-order valence-electron chi connectivity index (χ3n) is 4.56. The van der Waals surface area contributed by atoms with E-state index in [1.54, 1.807) is 18.3 Å². The van der Waals surface area contributed by atoms with Gasteiger partial charge in [-0.3, -0.25) is 9.88 Å². The molecule has 21 heavy (non-hydrogen) atoms. The van der Waals surface area contributed by atoms with Crippen LogP contribution in [0.15, 0.2) is 30.5 Å². The lowest BCUT2D eigenvalue weighted by molar-refractivity contribution is 0.0455. The summed E-state index contributed by atoms with van der Waals surface area (Å²) in [7, 11) is 0. The van der Waals surface area contributed by atoms with Crippen molar-refractivity contribution in [3.8, 4) is 0 Å². The molecule has 1 N–H and O–H groups in total. The Morgan fingerprint density at radius 3 is 3.00 bits per heavy atom. The van der Waals surface area contributed by atoms with Gasteiger partial charge in [-0.2, -0.15) is 0 Å². The van der Waals surface area contributed by atoms with Gasteiger partial charge in [0, 0.05) is 30.2 Å². The maximum Gasteiger partial charge on any atom is 0.132 e. The number of piperidine rings is 1. The van der Waals surface area contributed by atoms with Crippen LogP contribution in [-0.4, -0.2) is 33.7 Å². The minimum atomic E-state index is -0.229. The molecule has 1 aliphatic rings. The van der Waals surface area contributed by atoms with Crippen LogP contribution in [0.3, 0.4) is 0 Å². The maximum atomic E-state index is 13.9. The third kappa shape index (κ3) is 2.78. The average Bonchev–Trinajstić information content (AvgIpc) is 2.52. The molecular formula is C17H21FN2O. The van der Waals surface area contributed by atoms with Crippen molar-refractivity contribution in [3.05, 3.63) is 41.8 Å². The predicted octanol–water partition coefficient (Wildman–Crippen LogP) is 3.11. The molecule has 4 heteroatoms. The fourth-order valence-electron chi connectivity index (χ4n) is 3.34. The van der Waals surface area contributed by atoms with Crippen LogP contribution in [0.2, 0.25) is 0 Å². The number of hydrogen-bond acceptors (Lipinski definition) is 3. The van der Waals surface area contributed by atoms with Crippen LogP contribution in [0.25, 0.3) is 10.9 Å². The molecule has 0 radical (unpaired) electrons. The monoisotopic (exact) mass is 288 g/mol. The summed E-state index contributed by atoms with van der Waals surface area (Å²) in [6.45, 7) is 3.08. The molecule has 3 rings (SSSR count). The molecule has 112 valence electrons. The zero-order valence-electron chi connectivity index (χ0n) is 12.3. The molecular weight excluding hydrogens is 267 g/mol. The first-order valence-electron chi connectivity index (χ1n) is 7.59. The largest absolute Gasteiger partial charge is 0.395 e. The van der Waals surface area contributed by atoms with Crippen molar-refractivity contribution in [2.45, 2.75) is 44.8 Å². The van der Waals surface area contributed by atoms with Gasteiger partial charge in [0.05, 0.1) is 12.1 Å². The highest BCUT2D eigenvalue weighted by molar-refractivity contribution is 5.82. The van der Waals surface area contributed by atoms with Gasteiger partial charge in [-0.15, -0.1) is 0 Å². The fourth-order valence-corrected chi connectivity index (χ4v) is 3.34. The summed E-state index contributed by atoms with van der Waals surface area (Å²) in [5, 5.41) is 10.2. The molecule has 1 fully saturated rings. The quantitative estimate of drug-likeness (QED) is 0.942. The molecule has 1 aliphatic heterocycles. The second-order valence-corrected chi connectivity index (χ2v) is 5.89. The molecule has 1 aromatic heterocycles. The normalized spacial score (nSPS) is 23.6. The molecule has 0 saturated carbocycles. The molecule has 3 nitrogen and oxygen atoms in total. The lowest BCUT2D eigenvalue weighted by Gasteiger charge is -2.40. The van der Waals surface area contributed by atoms with Crippen molar-refractivity contribution in [1.82, 2.24) is 9.88 Å². The summed E-state index contributed by atoms with van der Waals surface area (Å²) in [4.78, 5) is 6.68. The van der Waals surface area contributed by atoms with Gasteiger partial charge >= 0.3 is 0 Å². The summed E-state index contributed by atoms with van der Waals surface area (Å²) in [5.41, 5.74) is 1.76. The average molecular weight is 288 g/mol. The van der Waals surface area contributed by atoms with Gasteiger partial charge in [0.15, 0.2) is 0 Å². The van der Waals surface area contributed by atoms with Crippen LogP contribution in [-0.2, 0) is 6.54 Å². The molecule has 2 atom stereocenters. The Bertz CT molecular complexity index is 631. The van der Waals surface area contributed by atoms with E-state index >= 15 is 0 Å². The molecule has 1 aromatic carbocycles. The lowest BCUT2D eigenvalue weighted by atomic mass is 9.95. The number of pyridine rings is 1. The Morgan fingerprint density at radius 1 is 1.33 bits per heavy atom. The van der Waals surface area contributed by atoms with E-state index in [1.165, 1.54) is 6.07 Å². The van der Waals surface area contributed by atoms with Gasteiger partial charge in [-0.25, -0.2) is 4.39 Å². The second kappa shape index (κ2) is 6.08. The van der Waals surface area contributed by atoms with Crippen molar-refractivity contribution in [2.24, 2.45) is 0 Å². The third-order valence-corrected chi connectivity index (χ3v) is 4.56. The van der Waals surface area contributed by atoms with E-state index in [1.807, 2.05) is 6.07 Å². The van der Waals surface area contributed by atoms with Crippen LogP contribution in [0.5, 0.6) is 0 Å². The predicted molar refractivity (Wildman–Crippen MR) is 81.4 cm³/mol. The Hall–Kier alpha value is -1.52. The number of rotatable bonds is 3. The summed E-state index contributed by atoms with van der Waals surface area (Å²) in [6, 6.07) is 7.49. The molecule has 0 aliphatic carbocycles. The molecule has 1 saturated heterocycles. The van der Waals surface area contributed by atoms with Gasteiger partial charge in [-0.05, 0) is 43.5 Å². The van der Waals surface area contributed by atoms with Gasteiger partial charge in [0.1, 0.15) is 5.82 Å². The highest BCUT2D eigenvalue weighted by Crippen LogP contribution is 2.27. The summed E-state index contributed by atoms with van der Waals surface area (Å²) in [5.74, 6) is -0.229. The van der Waals surface area contributed by atoms with E-state index < -0.39 is 0 Å². The number of fused-ring (bicyclic) bond motifs is 1. The Morgan fingerprint density at radius 2 is 2.19 bits per heavy atom. The number of nitrogens with zero attached hydrogens (tertiary/aromatic N) is 2. The molecule has 2 aromatic rings. The highest BCUT2D eigenvalue weighted by atomic mass is 19.1. The van der Waals surface area contributed by atoms with Crippen molar-refractivity contribution in [2.75, 3.05) is 6.61 Å². The zero-order chi connectivity index (χ0) is 14.8. The standard InChI is InChI=1S/C17H21FN2O/c1-12-4-2-5-14(11-21)20(12)10-13-7-8-16(18)15-6-3-9-19-17(13)15/h3,6-9,12,14,21H,2,4-5,10-11H2,1H3.